The molecule has 1 heterocycles. The Morgan fingerprint density at radius 3 is 2.38 bits per heavy atom. The molecule has 1 aliphatic rings. The molecule has 1 aliphatic heterocycles. The van der Waals surface area contributed by atoms with Crippen LogP contribution in [0.4, 0.5) is 4.39 Å². The number of carbonyl (C=O) groups is 3. The summed E-state index contributed by atoms with van der Waals surface area (Å²) in [7, 11) is 0. The number of alkyl halides is 1. The number of hydrogen-bond acceptors (Lipinski definition) is 4. The van der Waals surface area contributed by atoms with Gasteiger partial charge in [0.25, 0.3) is 5.67 Å². The van der Waals surface area contributed by atoms with Gasteiger partial charge in [-0.2, -0.15) is 0 Å². The zero-order valence-corrected chi connectivity index (χ0v) is 13.0. The SMILES string of the molecule is CC(=O)CC(c1ccccc1)C1(F)C(=O)Oc2ccccc2C1=O. The molecule has 2 atom stereocenters. The largest absolute Gasteiger partial charge is 0.423 e. The minimum absolute atomic E-state index is 0.00378. The van der Waals surface area contributed by atoms with Gasteiger partial charge in [0, 0.05) is 12.3 Å². The first-order valence-corrected chi connectivity index (χ1v) is 7.54. The molecule has 4 nitrogen and oxygen atoms in total. The van der Waals surface area contributed by atoms with Crippen LogP contribution in [0.15, 0.2) is 54.6 Å². The predicted molar refractivity (Wildman–Crippen MR) is 84.7 cm³/mol. The third kappa shape index (κ3) is 2.52. The highest BCUT2D eigenvalue weighted by Gasteiger charge is 2.58. The van der Waals surface area contributed by atoms with Gasteiger partial charge in [0.15, 0.2) is 0 Å². The van der Waals surface area contributed by atoms with Gasteiger partial charge in [0.05, 0.1) is 5.56 Å². The zero-order valence-electron chi connectivity index (χ0n) is 13.0. The average Bonchev–Trinajstić information content (AvgIpc) is 2.58. The van der Waals surface area contributed by atoms with Crippen LogP contribution in [0.5, 0.6) is 5.75 Å². The van der Waals surface area contributed by atoms with Crippen molar-refractivity contribution in [2.24, 2.45) is 0 Å². The molecule has 5 heteroatoms. The van der Waals surface area contributed by atoms with Crippen LogP contribution in [0, 0.1) is 0 Å². The molecule has 2 aromatic rings. The number of ether oxygens (including phenoxy) is 1. The van der Waals surface area contributed by atoms with Gasteiger partial charge in [-0.05, 0) is 24.6 Å². The standard InChI is InChI=1S/C19H15FO4/c1-12(21)11-15(13-7-3-2-4-8-13)19(20)17(22)14-9-5-6-10-16(14)24-18(19)23/h2-10,15H,11H2,1H3. The van der Waals surface area contributed by atoms with Crippen molar-refractivity contribution in [3.05, 3.63) is 65.7 Å². The maximum Gasteiger partial charge on any atom is 0.358 e. The molecule has 0 radical (unpaired) electrons. The van der Waals surface area contributed by atoms with Gasteiger partial charge in [-0.1, -0.05) is 42.5 Å². The molecule has 0 amide bonds. The second kappa shape index (κ2) is 6.00. The van der Waals surface area contributed by atoms with Crippen molar-refractivity contribution in [1.82, 2.24) is 0 Å². The van der Waals surface area contributed by atoms with Gasteiger partial charge in [0.1, 0.15) is 11.5 Å². The van der Waals surface area contributed by atoms with Crippen LogP contribution in [0.2, 0.25) is 0 Å². The maximum atomic E-state index is 15.8. The zero-order chi connectivity index (χ0) is 17.3. The molecule has 0 N–H and O–H groups in total. The minimum Gasteiger partial charge on any atom is -0.423 e. The van der Waals surface area contributed by atoms with Crippen LogP contribution < -0.4 is 4.74 Å². The molecule has 0 saturated carbocycles. The Kier molecular flexibility index (Phi) is 4.01. The number of esters is 1. The monoisotopic (exact) mass is 326 g/mol. The predicted octanol–water partition coefficient (Wildman–Crippen LogP) is 3.26. The smallest absolute Gasteiger partial charge is 0.358 e. The van der Waals surface area contributed by atoms with Crippen LogP contribution in [-0.4, -0.2) is 23.2 Å². The second-order valence-corrected chi connectivity index (χ2v) is 5.80. The molecule has 0 aromatic heterocycles. The van der Waals surface area contributed by atoms with Crippen LogP contribution in [-0.2, 0) is 9.59 Å². The number of benzene rings is 2. The lowest BCUT2D eigenvalue weighted by atomic mass is 9.75. The van der Waals surface area contributed by atoms with Gasteiger partial charge in [-0.3, -0.25) is 4.79 Å². The Balaban J connectivity index is 2.14. The van der Waals surface area contributed by atoms with E-state index in [1.807, 2.05) is 0 Å². The van der Waals surface area contributed by atoms with E-state index in [1.165, 1.54) is 19.1 Å². The Morgan fingerprint density at radius 2 is 1.71 bits per heavy atom. The van der Waals surface area contributed by atoms with Gasteiger partial charge < -0.3 is 9.53 Å². The van der Waals surface area contributed by atoms with E-state index in [0.29, 0.717) is 5.56 Å². The maximum absolute atomic E-state index is 15.8. The summed E-state index contributed by atoms with van der Waals surface area (Å²) in [6, 6.07) is 14.3. The third-order valence-electron chi connectivity index (χ3n) is 4.14. The van der Waals surface area contributed by atoms with Crippen molar-refractivity contribution < 1.29 is 23.5 Å². The number of rotatable bonds is 4. The van der Waals surface area contributed by atoms with Crippen molar-refractivity contribution in [2.45, 2.75) is 24.9 Å². The lowest BCUT2D eigenvalue weighted by molar-refractivity contribution is -0.147. The van der Waals surface area contributed by atoms with Crippen LogP contribution in [0.25, 0.3) is 0 Å². The molecule has 24 heavy (non-hydrogen) atoms. The lowest BCUT2D eigenvalue weighted by Gasteiger charge is -2.33. The summed E-state index contributed by atoms with van der Waals surface area (Å²) in [4.78, 5) is 36.8. The van der Waals surface area contributed by atoms with E-state index in [2.05, 4.69) is 0 Å². The summed E-state index contributed by atoms with van der Waals surface area (Å²) in [5.74, 6) is -3.76. The van der Waals surface area contributed by atoms with E-state index >= 15 is 4.39 Å². The normalized spacial score (nSPS) is 20.9. The highest BCUT2D eigenvalue weighted by atomic mass is 19.1. The van der Waals surface area contributed by atoms with Crippen molar-refractivity contribution in [2.75, 3.05) is 0 Å². The van der Waals surface area contributed by atoms with E-state index in [1.54, 1.807) is 42.5 Å². The average molecular weight is 326 g/mol. The fraction of sp³-hybridized carbons (Fsp3) is 0.211. The molecule has 0 aliphatic carbocycles. The van der Waals surface area contributed by atoms with Gasteiger partial charge in [-0.25, -0.2) is 9.18 Å². The minimum atomic E-state index is -2.93. The van der Waals surface area contributed by atoms with Crippen molar-refractivity contribution in [3.63, 3.8) is 0 Å². The van der Waals surface area contributed by atoms with E-state index in [0.717, 1.165) is 0 Å². The summed E-state index contributed by atoms with van der Waals surface area (Å²) >= 11 is 0. The topological polar surface area (TPSA) is 60.4 Å². The van der Waals surface area contributed by atoms with Crippen molar-refractivity contribution in [3.8, 4) is 5.75 Å². The number of halogens is 1. The molecule has 2 unspecified atom stereocenters. The quantitative estimate of drug-likeness (QED) is 0.491. The summed E-state index contributed by atoms with van der Waals surface area (Å²) in [5.41, 5.74) is -2.52. The van der Waals surface area contributed by atoms with E-state index in [-0.39, 0.29) is 23.5 Å². The number of Topliss-reactive ketones (excluding diaryl/α,β-unsaturated/α-hetero) is 2. The number of carbonyl (C=O) groups excluding carboxylic acids is 3. The summed E-state index contributed by atoms with van der Waals surface area (Å²) in [6.45, 7) is 1.30. The van der Waals surface area contributed by atoms with Gasteiger partial charge in [0.2, 0.25) is 5.78 Å². The molecule has 0 fully saturated rings. The number of fused-ring (bicyclic) bond motifs is 1. The van der Waals surface area contributed by atoms with Crippen LogP contribution in [0.3, 0.4) is 0 Å². The van der Waals surface area contributed by atoms with Gasteiger partial charge in [-0.15, -0.1) is 0 Å². The first-order valence-electron chi connectivity index (χ1n) is 7.54. The highest BCUT2D eigenvalue weighted by Crippen LogP contribution is 2.43. The van der Waals surface area contributed by atoms with Crippen LogP contribution >= 0.6 is 0 Å². The van der Waals surface area contributed by atoms with Crippen molar-refractivity contribution in [1.29, 1.82) is 0 Å². The fourth-order valence-electron chi connectivity index (χ4n) is 2.97. The van der Waals surface area contributed by atoms with Gasteiger partial charge >= 0.3 is 5.97 Å². The Hall–Kier alpha value is -2.82. The first-order chi connectivity index (χ1) is 11.4. The van der Waals surface area contributed by atoms with Crippen molar-refractivity contribution >= 4 is 17.5 Å². The Morgan fingerprint density at radius 1 is 1.08 bits per heavy atom. The molecular weight excluding hydrogens is 311 g/mol. The van der Waals surface area contributed by atoms with E-state index < -0.39 is 23.3 Å². The van der Waals surface area contributed by atoms with E-state index in [9.17, 15) is 14.4 Å². The summed E-state index contributed by atoms with van der Waals surface area (Å²) in [6.07, 6.45) is -0.274. The Labute approximate surface area is 138 Å². The van der Waals surface area contributed by atoms with Crippen LogP contribution in [0.1, 0.15) is 35.2 Å². The number of para-hydroxylation sites is 1. The lowest BCUT2D eigenvalue weighted by Crippen LogP contribution is -2.53. The second-order valence-electron chi connectivity index (χ2n) is 5.80. The summed E-state index contributed by atoms with van der Waals surface area (Å²) < 4.78 is 20.8. The fourth-order valence-corrected chi connectivity index (χ4v) is 2.97. The molecule has 0 spiro atoms. The summed E-state index contributed by atoms with van der Waals surface area (Å²) in [5, 5.41) is 0. The van der Waals surface area contributed by atoms with E-state index in [4.69, 9.17) is 4.74 Å². The molecule has 3 rings (SSSR count). The third-order valence-corrected chi connectivity index (χ3v) is 4.14. The molecule has 0 saturated heterocycles. The molecular formula is C19H15FO4. The first kappa shape index (κ1) is 16.1. The highest BCUT2D eigenvalue weighted by molar-refractivity contribution is 6.20. The molecule has 2 aromatic carbocycles. The number of ketones is 2. The number of hydrogen-bond donors (Lipinski definition) is 0. The molecule has 0 bridgehead atoms. The Bertz CT molecular complexity index is 815. The molecule has 122 valence electrons.